The molecule has 8 nitrogen and oxygen atoms in total. The van der Waals surface area contributed by atoms with E-state index in [0.717, 1.165) is 57.8 Å². The molecule has 0 unspecified atom stereocenters. The summed E-state index contributed by atoms with van der Waals surface area (Å²) in [5.74, 6) is -0.893. The summed E-state index contributed by atoms with van der Waals surface area (Å²) in [6, 6.07) is 0. The third-order valence-corrected chi connectivity index (χ3v) is 9.74. The number of phosphoric acid groups is 1. The normalized spacial score (nSPS) is 12.6. The van der Waals surface area contributed by atoms with Crippen LogP contribution in [-0.2, 0) is 28.2 Å². The molecule has 0 fully saturated rings. The molecule has 9 heteroatoms. The van der Waals surface area contributed by atoms with Crippen molar-refractivity contribution in [1.82, 2.24) is 0 Å². The molecular formula is C42H79O8P. The molecule has 0 aliphatic heterocycles. The SMILES string of the molecule is CCCCCC/C=C/C=C/CCCCCCCC(=O)OC[C@H](COP(=O)(O)O)OC(=O)CCCCCCCCCCCCCCCCCCCC. The topological polar surface area (TPSA) is 119 Å². The Kier molecular flexibility index (Phi) is 37.2. The smallest absolute Gasteiger partial charge is 0.462 e. The molecule has 0 heterocycles. The first-order valence-corrected chi connectivity index (χ1v) is 22.7. The van der Waals surface area contributed by atoms with Crippen molar-refractivity contribution in [2.24, 2.45) is 0 Å². The molecule has 0 radical (unpaired) electrons. The summed E-state index contributed by atoms with van der Waals surface area (Å²) in [4.78, 5) is 42.8. The van der Waals surface area contributed by atoms with Crippen LogP contribution < -0.4 is 0 Å². The molecule has 0 rings (SSSR count). The van der Waals surface area contributed by atoms with Crippen LogP contribution in [-0.4, -0.2) is 41.0 Å². The maximum absolute atomic E-state index is 12.4. The van der Waals surface area contributed by atoms with E-state index in [1.807, 2.05) is 0 Å². The molecule has 0 amide bonds. The summed E-state index contributed by atoms with van der Waals surface area (Å²) >= 11 is 0. The average Bonchev–Trinajstić information content (AvgIpc) is 3.10. The van der Waals surface area contributed by atoms with Gasteiger partial charge in [-0.15, -0.1) is 0 Å². The summed E-state index contributed by atoms with van der Waals surface area (Å²) in [6.07, 6.45) is 43.2. The van der Waals surface area contributed by atoms with E-state index in [4.69, 9.17) is 19.3 Å². The van der Waals surface area contributed by atoms with Gasteiger partial charge in [0.15, 0.2) is 6.10 Å². The predicted molar refractivity (Wildman–Crippen MR) is 212 cm³/mol. The first-order chi connectivity index (χ1) is 24.8. The van der Waals surface area contributed by atoms with E-state index in [-0.39, 0.29) is 19.4 Å². The van der Waals surface area contributed by atoms with Crippen LogP contribution in [0.4, 0.5) is 0 Å². The van der Waals surface area contributed by atoms with E-state index in [1.165, 1.54) is 116 Å². The second-order valence-electron chi connectivity index (χ2n) is 14.4. The van der Waals surface area contributed by atoms with Gasteiger partial charge in [-0.05, 0) is 38.5 Å². The first kappa shape index (κ1) is 49.5. The van der Waals surface area contributed by atoms with E-state index in [9.17, 15) is 14.2 Å². The second-order valence-corrected chi connectivity index (χ2v) is 15.6. The van der Waals surface area contributed by atoms with Crippen LogP contribution in [0.15, 0.2) is 24.3 Å². The summed E-state index contributed by atoms with van der Waals surface area (Å²) < 4.78 is 26.4. The van der Waals surface area contributed by atoms with Crippen LogP contribution in [0.1, 0.15) is 213 Å². The molecule has 0 bridgehead atoms. The Morgan fingerprint density at radius 1 is 0.510 bits per heavy atom. The van der Waals surface area contributed by atoms with Crippen LogP contribution >= 0.6 is 7.82 Å². The third kappa shape index (κ3) is 41.2. The maximum Gasteiger partial charge on any atom is 0.469 e. The molecule has 0 spiro atoms. The highest BCUT2D eigenvalue weighted by Crippen LogP contribution is 2.36. The van der Waals surface area contributed by atoms with Gasteiger partial charge in [-0.3, -0.25) is 14.1 Å². The van der Waals surface area contributed by atoms with Crippen molar-refractivity contribution in [3.63, 3.8) is 0 Å². The van der Waals surface area contributed by atoms with Gasteiger partial charge < -0.3 is 19.3 Å². The lowest BCUT2D eigenvalue weighted by Crippen LogP contribution is -2.29. The van der Waals surface area contributed by atoms with Gasteiger partial charge in [0.1, 0.15) is 6.61 Å². The third-order valence-electron chi connectivity index (χ3n) is 9.25. The lowest BCUT2D eigenvalue weighted by molar-refractivity contribution is -0.161. The number of allylic oxidation sites excluding steroid dienone is 4. The molecule has 0 aliphatic carbocycles. The molecule has 300 valence electrons. The number of hydrogen-bond acceptors (Lipinski definition) is 6. The quantitative estimate of drug-likeness (QED) is 0.0276. The molecule has 51 heavy (non-hydrogen) atoms. The van der Waals surface area contributed by atoms with Crippen LogP contribution in [0, 0.1) is 0 Å². The number of unbranched alkanes of at least 4 members (excludes halogenated alkanes) is 26. The fourth-order valence-electron chi connectivity index (χ4n) is 6.07. The molecule has 0 saturated carbocycles. The van der Waals surface area contributed by atoms with E-state index < -0.39 is 32.5 Å². The maximum atomic E-state index is 12.4. The van der Waals surface area contributed by atoms with Gasteiger partial charge in [-0.1, -0.05) is 186 Å². The first-order valence-electron chi connectivity index (χ1n) is 21.1. The molecular weight excluding hydrogens is 663 g/mol. The zero-order valence-corrected chi connectivity index (χ0v) is 33.9. The number of hydrogen-bond donors (Lipinski definition) is 2. The van der Waals surface area contributed by atoms with Crippen LogP contribution in [0.25, 0.3) is 0 Å². The summed E-state index contributed by atoms with van der Waals surface area (Å²) in [5.41, 5.74) is 0. The van der Waals surface area contributed by atoms with Crippen molar-refractivity contribution in [2.75, 3.05) is 13.2 Å². The van der Waals surface area contributed by atoms with E-state index in [1.54, 1.807) is 0 Å². The highest BCUT2D eigenvalue weighted by atomic mass is 31.2. The second kappa shape index (κ2) is 38.3. The van der Waals surface area contributed by atoms with Crippen molar-refractivity contribution in [2.45, 2.75) is 219 Å². The summed E-state index contributed by atoms with van der Waals surface area (Å²) in [6.45, 7) is 3.67. The van der Waals surface area contributed by atoms with Crippen molar-refractivity contribution in [1.29, 1.82) is 0 Å². The van der Waals surface area contributed by atoms with E-state index >= 15 is 0 Å². The van der Waals surface area contributed by atoms with E-state index in [2.05, 4.69) is 42.7 Å². The Morgan fingerprint density at radius 2 is 0.863 bits per heavy atom. The molecule has 1 atom stereocenters. The van der Waals surface area contributed by atoms with Gasteiger partial charge in [-0.2, -0.15) is 0 Å². The monoisotopic (exact) mass is 743 g/mol. The highest BCUT2D eigenvalue weighted by molar-refractivity contribution is 7.46. The molecule has 0 saturated heterocycles. The Labute approximate surface area is 313 Å². The fraction of sp³-hybridized carbons (Fsp3) is 0.857. The Balaban J connectivity index is 3.90. The largest absolute Gasteiger partial charge is 0.469 e. The molecule has 0 aromatic carbocycles. The lowest BCUT2D eigenvalue weighted by atomic mass is 10.0. The number of esters is 2. The Bertz CT molecular complexity index is 884. The van der Waals surface area contributed by atoms with Crippen molar-refractivity contribution >= 4 is 19.8 Å². The summed E-state index contributed by atoms with van der Waals surface area (Å²) in [5, 5.41) is 0. The van der Waals surface area contributed by atoms with Crippen LogP contribution in [0.3, 0.4) is 0 Å². The van der Waals surface area contributed by atoms with Crippen molar-refractivity contribution < 1.29 is 37.9 Å². The number of phosphoric ester groups is 1. The minimum absolute atomic E-state index is 0.213. The van der Waals surface area contributed by atoms with Gasteiger partial charge in [-0.25, -0.2) is 4.57 Å². The number of ether oxygens (including phenoxy) is 2. The molecule has 2 N–H and O–H groups in total. The van der Waals surface area contributed by atoms with Crippen LogP contribution in [0.2, 0.25) is 0 Å². The molecule has 0 aromatic rings. The zero-order valence-electron chi connectivity index (χ0n) is 33.0. The Morgan fingerprint density at radius 3 is 1.27 bits per heavy atom. The predicted octanol–water partition coefficient (Wildman–Crippen LogP) is 12.8. The van der Waals surface area contributed by atoms with E-state index in [0.29, 0.717) is 12.8 Å². The minimum atomic E-state index is -4.75. The van der Waals surface area contributed by atoms with Crippen molar-refractivity contribution in [3.05, 3.63) is 24.3 Å². The van der Waals surface area contributed by atoms with Gasteiger partial charge in [0, 0.05) is 12.8 Å². The minimum Gasteiger partial charge on any atom is -0.462 e. The number of rotatable bonds is 39. The molecule has 0 aromatic heterocycles. The lowest BCUT2D eigenvalue weighted by Gasteiger charge is -2.18. The van der Waals surface area contributed by atoms with Gasteiger partial charge >= 0.3 is 19.8 Å². The number of carbonyl (C=O) groups is 2. The fourth-order valence-corrected chi connectivity index (χ4v) is 6.43. The molecule has 0 aliphatic rings. The number of carbonyl (C=O) groups excluding carboxylic acids is 2. The van der Waals surface area contributed by atoms with Gasteiger partial charge in [0.25, 0.3) is 0 Å². The zero-order chi connectivity index (χ0) is 37.5. The van der Waals surface area contributed by atoms with Crippen LogP contribution in [0.5, 0.6) is 0 Å². The average molecular weight is 743 g/mol. The Hall–Kier alpha value is -1.47. The van der Waals surface area contributed by atoms with Crippen molar-refractivity contribution in [3.8, 4) is 0 Å². The highest BCUT2D eigenvalue weighted by Gasteiger charge is 2.22. The van der Waals surface area contributed by atoms with Gasteiger partial charge in [0.05, 0.1) is 6.61 Å². The summed E-state index contributed by atoms with van der Waals surface area (Å²) in [7, 11) is -4.75. The van der Waals surface area contributed by atoms with Gasteiger partial charge in [0.2, 0.25) is 0 Å². The standard InChI is InChI=1S/C42H79O8P/c1-3-5-7-9-11-13-15-17-19-20-21-23-25-27-29-31-33-35-37-42(44)50-40(39-49-51(45,46)47)38-48-41(43)36-34-32-30-28-26-24-22-18-16-14-12-10-8-6-4-2/h14,16,18,22,40H,3-13,15,17,19-21,23-39H2,1-2H3,(H2,45,46,47)/b16-14+,22-18+/t40-/m1/s1.